The van der Waals surface area contributed by atoms with E-state index in [1.807, 2.05) is 19.9 Å². The maximum atomic E-state index is 11.9. The van der Waals surface area contributed by atoms with E-state index < -0.39 is 11.8 Å². The quantitative estimate of drug-likeness (QED) is 0.363. The number of rotatable bonds is 6. The van der Waals surface area contributed by atoms with Crippen LogP contribution in [0, 0.1) is 13.8 Å². The molecular weight excluding hydrogens is 330 g/mol. The van der Waals surface area contributed by atoms with E-state index in [0.717, 1.165) is 16.7 Å². The summed E-state index contributed by atoms with van der Waals surface area (Å²) in [7, 11) is 0. The first-order chi connectivity index (χ1) is 12.5. The first-order valence-corrected chi connectivity index (χ1v) is 8.05. The van der Waals surface area contributed by atoms with Gasteiger partial charge in [-0.15, -0.1) is 0 Å². The van der Waals surface area contributed by atoms with Crippen molar-refractivity contribution in [1.29, 1.82) is 0 Å². The van der Waals surface area contributed by atoms with Gasteiger partial charge in [0.15, 0.2) is 0 Å². The molecule has 0 aliphatic heterocycles. The van der Waals surface area contributed by atoms with E-state index in [4.69, 9.17) is 4.74 Å². The molecule has 2 aromatic rings. The standard InChI is InChI=1S/C20H21N3O3/c1-4-10-26-18-7-5-6-16(12-18)13-21-23-20(25)19(24)22-17-9-8-14(2)15(3)11-17/h4-9,11-13H,1,10H2,2-3H3,(H,22,24)(H,23,25)/b21-13-. The summed E-state index contributed by atoms with van der Waals surface area (Å²) in [6.45, 7) is 7.89. The summed E-state index contributed by atoms with van der Waals surface area (Å²) >= 11 is 0. The molecule has 0 aliphatic carbocycles. The lowest BCUT2D eigenvalue weighted by Crippen LogP contribution is -2.32. The minimum atomic E-state index is -0.849. The highest BCUT2D eigenvalue weighted by atomic mass is 16.5. The molecule has 0 heterocycles. The Morgan fingerprint density at radius 2 is 1.92 bits per heavy atom. The molecule has 2 rings (SSSR count). The second kappa shape index (κ2) is 9.17. The normalized spacial score (nSPS) is 10.4. The van der Waals surface area contributed by atoms with Crippen molar-refractivity contribution in [3.05, 3.63) is 71.8 Å². The molecule has 134 valence electrons. The summed E-state index contributed by atoms with van der Waals surface area (Å²) in [5, 5.41) is 6.33. The highest BCUT2D eigenvalue weighted by Gasteiger charge is 2.13. The molecule has 0 saturated heterocycles. The number of carbonyl (C=O) groups is 2. The van der Waals surface area contributed by atoms with Crippen molar-refractivity contribution in [2.75, 3.05) is 11.9 Å². The molecule has 2 amide bonds. The number of ether oxygens (including phenoxy) is 1. The zero-order valence-electron chi connectivity index (χ0n) is 14.8. The van der Waals surface area contributed by atoms with Crippen LogP contribution in [0.5, 0.6) is 5.75 Å². The van der Waals surface area contributed by atoms with Crippen LogP contribution in [0.2, 0.25) is 0 Å². The number of hydrogen-bond donors (Lipinski definition) is 2. The van der Waals surface area contributed by atoms with E-state index in [-0.39, 0.29) is 0 Å². The summed E-state index contributed by atoms with van der Waals surface area (Å²) < 4.78 is 5.41. The van der Waals surface area contributed by atoms with Crippen LogP contribution in [0.4, 0.5) is 5.69 Å². The Morgan fingerprint density at radius 1 is 1.12 bits per heavy atom. The number of nitrogens with one attached hydrogen (secondary N) is 2. The number of nitrogens with zero attached hydrogens (tertiary/aromatic N) is 1. The average Bonchev–Trinajstić information content (AvgIpc) is 2.63. The second-order valence-electron chi connectivity index (χ2n) is 5.62. The lowest BCUT2D eigenvalue weighted by molar-refractivity contribution is -0.136. The Morgan fingerprint density at radius 3 is 2.65 bits per heavy atom. The monoisotopic (exact) mass is 351 g/mol. The Labute approximate surface area is 152 Å². The van der Waals surface area contributed by atoms with E-state index in [1.54, 1.807) is 42.5 Å². The van der Waals surface area contributed by atoms with Gasteiger partial charge >= 0.3 is 11.8 Å². The largest absolute Gasteiger partial charge is 0.490 e. The van der Waals surface area contributed by atoms with E-state index >= 15 is 0 Å². The van der Waals surface area contributed by atoms with Gasteiger partial charge in [0.1, 0.15) is 12.4 Å². The summed E-state index contributed by atoms with van der Waals surface area (Å²) in [6, 6.07) is 12.6. The van der Waals surface area contributed by atoms with Crippen molar-refractivity contribution in [1.82, 2.24) is 5.43 Å². The Bertz CT molecular complexity index is 844. The second-order valence-corrected chi connectivity index (χ2v) is 5.62. The van der Waals surface area contributed by atoms with Gasteiger partial charge in [-0.2, -0.15) is 5.10 Å². The molecule has 2 N–H and O–H groups in total. The Hall–Kier alpha value is -3.41. The molecular formula is C20H21N3O3. The molecule has 0 radical (unpaired) electrons. The van der Waals surface area contributed by atoms with Crippen molar-refractivity contribution in [3.63, 3.8) is 0 Å². The third-order valence-corrected chi connectivity index (χ3v) is 3.58. The number of hydrogen-bond acceptors (Lipinski definition) is 4. The van der Waals surface area contributed by atoms with E-state index in [2.05, 4.69) is 22.4 Å². The smallest absolute Gasteiger partial charge is 0.329 e. The number of benzene rings is 2. The van der Waals surface area contributed by atoms with Gasteiger partial charge in [0.2, 0.25) is 0 Å². The highest BCUT2D eigenvalue weighted by Crippen LogP contribution is 2.14. The average molecular weight is 351 g/mol. The number of aryl methyl sites for hydroxylation is 2. The predicted molar refractivity (Wildman–Crippen MR) is 102 cm³/mol. The molecule has 0 unspecified atom stereocenters. The van der Waals surface area contributed by atoms with Crippen LogP contribution >= 0.6 is 0 Å². The lowest BCUT2D eigenvalue weighted by atomic mass is 10.1. The van der Waals surface area contributed by atoms with Crippen molar-refractivity contribution < 1.29 is 14.3 Å². The van der Waals surface area contributed by atoms with Crippen LogP contribution in [0.15, 0.2) is 60.2 Å². The van der Waals surface area contributed by atoms with Crippen molar-refractivity contribution in [2.45, 2.75) is 13.8 Å². The third-order valence-electron chi connectivity index (χ3n) is 3.58. The Balaban J connectivity index is 1.90. The van der Waals surface area contributed by atoms with Gasteiger partial charge in [0, 0.05) is 5.69 Å². The maximum absolute atomic E-state index is 11.9. The van der Waals surface area contributed by atoms with Gasteiger partial charge in [-0.3, -0.25) is 9.59 Å². The van der Waals surface area contributed by atoms with Crippen molar-refractivity contribution >= 4 is 23.7 Å². The molecule has 0 aliphatic rings. The SMILES string of the molecule is C=CCOc1cccc(/C=N\NC(=O)C(=O)Nc2ccc(C)c(C)c2)c1. The fourth-order valence-corrected chi connectivity index (χ4v) is 2.06. The first-order valence-electron chi connectivity index (χ1n) is 8.05. The van der Waals surface area contributed by atoms with Gasteiger partial charge in [0.05, 0.1) is 6.21 Å². The lowest BCUT2D eigenvalue weighted by Gasteiger charge is -2.06. The van der Waals surface area contributed by atoms with Gasteiger partial charge in [-0.05, 0) is 54.8 Å². The summed E-state index contributed by atoms with van der Waals surface area (Å²) in [4.78, 5) is 23.7. The van der Waals surface area contributed by atoms with E-state index in [9.17, 15) is 9.59 Å². The summed E-state index contributed by atoms with van der Waals surface area (Å²) in [5.41, 5.74) is 5.62. The number of amides is 2. The first kappa shape index (κ1) is 18.9. The third kappa shape index (κ3) is 5.59. The Kier molecular flexibility index (Phi) is 6.68. The van der Waals surface area contributed by atoms with Crippen LogP contribution < -0.4 is 15.5 Å². The van der Waals surface area contributed by atoms with Gasteiger partial charge in [-0.25, -0.2) is 5.43 Å². The molecule has 0 bridgehead atoms. The zero-order valence-corrected chi connectivity index (χ0v) is 14.8. The molecule has 2 aromatic carbocycles. The molecule has 0 fully saturated rings. The van der Waals surface area contributed by atoms with Crippen LogP contribution in [0.1, 0.15) is 16.7 Å². The number of anilines is 1. The van der Waals surface area contributed by atoms with E-state index in [1.165, 1.54) is 6.21 Å². The van der Waals surface area contributed by atoms with Gasteiger partial charge < -0.3 is 10.1 Å². The molecule has 26 heavy (non-hydrogen) atoms. The molecule has 0 atom stereocenters. The minimum absolute atomic E-state index is 0.399. The van der Waals surface area contributed by atoms with Crippen LogP contribution in [0.3, 0.4) is 0 Å². The van der Waals surface area contributed by atoms with E-state index in [0.29, 0.717) is 18.0 Å². The summed E-state index contributed by atoms with van der Waals surface area (Å²) in [5.74, 6) is -0.973. The fourth-order valence-electron chi connectivity index (χ4n) is 2.06. The number of hydrazone groups is 1. The van der Waals surface area contributed by atoms with Crippen molar-refractivity contribution in [2.24, 2.45) is 5.10 Å². The predicted octanol–water partition coefficient (Wildman–Crippen LogP) is 2.96. The maximum Gasteiger partial charge on any atom is 0.329 e. The molecule has 0 saturated carbocycles. The zero-order chi connectivity index (χ0) is 18.9. The van der Waals surface area contributed by atoms with Crippen LogP contribution in [0.25, 0.3) is 0 Å². The van der Waals surface area contributed by atoms with Crippen molar-refractivity contribution in [3.8, 4) is 5.75 Å². The highest BCUT2D eigenvalue weighted by molar-refractivity contribution is 6.39. The summed E-state index contributed by atoms with van der Waals surface area (Å²) in [6.07, 6.45) is 3.08. The van der Waals surface area contributed by atoms with Crippen LogP contribution in [-0.4, -0.2) is 24.6 Å². The fraction of sp³-hybridized carbons (Fsp3) is 0.150. The van der Waals surface area contributed by atoms with Crippen LogP contribution in [-0.2, 0) is 9.59 Å². The molecule has 0 spiro atoms. The molecule has 0 aromatic heterocycles. The topological polar surface area (TPSA) is 79.8 Å². The van der Waals surface area contributed by atoms with Gasteiger partial charge in [0.25, 0.3) is 0 Å². The minimum Gasteiger partial charge on any atom is -0.490 e. The van der Waals surface area contributed by atoms with Gasteiger partial charge in [-0.1, -0.05) is 30.9 Å². The number of carbonyl (C=O) groups excluding carboxylic acids is 2. The molecule has 6 nitrogen and oxygen atoms in total. The molecule has 6 heteroatoms.